The van der Waals surface area contributed by atoms with Crippen molar-refractivity contribution in [1.82, 2.24) is 4.98 Å². The van der Waals surface area contributed by atoms with Crippen LogP contribution in [0.15, 0.2) is 29.3 Å². The number of benzene rings is 1. The molecule has 1 aromatic carbocycles. The molecular formula is C11H10ClNO2S. The Morgan fingerprint density at radius 1 is 1.25 bits per heavy atom. The lowest BCUT2D eigenvalue weighted by Crippen LogP contribution is -1.99. The van der Waals surface area contributed by atoms with Gasteiger partial charge in [0.25, 0.3) is 0 Å². The van der Waals surface area contributed by atoms with Crippen molar-refractivity contribution >= 4 is 32.3 Å². The first-order valence-electron chi connectivity index (χ1n) is 4.64. The van der Waals surface area contributed by atoms with Gasteiger partial charge in [-0.15, -0.1) is 0 Å². The van der Waals surface area contributed by atoms with Gasteiger partial charge in [0.1, 0.15) is 0 Å². The Kier molecular flexibility index (Phi) is 2.64. The summed E-state index contributed by atoms with van der Waals surface area (Å²) >= 11 is 5.89. The van der Waals surface area contributed by atoms with E-state index in [1.807, 2.05) is 13.0 Å². The fourth-order valence-corrected chi connectivity index (χ4v) is 2.73. The van der Waals surface area contributed by atoms with Gasteiger partial charge in [0.15, 0.2) is 9.84 Å². The smallest absolute Gasteiger partial charge is 0.177 e. The quantitative estimate of drug-likeness (QED) is 0.787. The van der Waals surface area contributed by atoms with Gasteiger partial charge in [-0.25, -0.2) is 8.42 Å². The van der Waals surface area contributed by atoms with Gasteiger partial charge in [-0.1, -0.05) is 11.6 Å². The van der Waals surface area contributed by atoms with Gasteiger partial charge in [-0.05, 0) is 30.7 Å². The van der Waals surface area contributed by atoms with Crippen LogP contribution < -0.4 is 0 Å². The van der Waals surface area contributed by atoms with Gasteiger partial charge < -0.3 is 0 Å². The summed E-state index contributed by atoms with van der Waals surface area (Å²) in [5, 5.41) is 1.15. The van der Waals surface area contributed by atoms with E-state index in [1.165, 1.54) is 6.07 Å². The minimum Gasteiger partial charge on any atom is -0.255 e. The normalized spacial score (nSPS) is 11.9. The summed E-state index contributed by atoms with van der Waals surface area (Å²) in [6.45, 7) is 1.90. The standard InChI is InChI=1S/C11H10ClNO2S/c1-7-3-8-4-9(12)5-10(16(2,14)15)11(8)13-6-7/h3-6H,1-2H3. The summed E-state index contributed by atoms with van der Waals surface area (Å²) in [7, 11) is -3.31. The molecule has 0 saturated heterocycles. The Morgan fingerprint density at radius 3 is 2.56 bits per heavy atom. The van der Waals surface area contributed by atoms with Crippen molar-refractivity contribution in [3.05, 3.63) is 35.0 Å². The molecule has 0 atom stereocenters. The highest BCUT2D eigenvalue weighted by atomic mass is 35.5. The van der Waals surface area contributed by atoms with Gasteiger partial charge in [0.2, 0.25) is 0 Å². The van der Waals surface area contributed by atoms with E-state index < -0.39 is 9.84 Å². The first-order valence-corrected chi connectivity index (χ1v) is 6.91. The van der Waals surface area contributed by atoms with Crippen LogP contribution in [-0.4, -0.2) is 19.7 Å². The molecule has 0 saturated carbocycles. The number of sulfone groups is 1. The number of hydrogen-bond donors (Lipinski definition) is 0. The predicted molar refractivity (Wildman–Crippen MR) is 64.6 cm³/mol. The zero-order valence-electron chi connectivity index (χ0n) is 8.86. The number of aromatic nitrogens is 1. The van der Waals surface area contributed by atoms with Crippen LogP contribution in [0.1, 0.15) is 5.56 Å². The lowest BCUT2D eigenvalue weighted by atomic mass is 10.2. The van der Waals surface area contributed by atoms with E-state index in [4.69, 9.17) is 11.6 Å². The van der Waals surface area contributed by atoms with E-state index in [2.05, 4.69) is 4.98 Å². The molecule has 0 bridgehead atoms. The molecule has 0 aliphatic rings. The Labute approximate surface area is 99.0 Å². The van der Waals surface area contributed by atoms with Crippen molar-refractivity contribution in [2.24, 2.45) is 0 Å². The number of nitrogens with zero attached hydrogens (tertiary/aromatic N) is 1. The summed E-state index contributed by atoms with van der Waals surface area (Å²) in [6, 6.07) is 5.01. The number of aryl methyl sites for hydroxylation is 1. The molecule has 0 fully saturated rings. The van der Waals surface area contributed by atoms with Crippen molar-refractivity contribution in [3.8, 4) is 0 Å². The predicted octanol–water partition coefficient (Wildman–Crippen LogP) is 2.60. The molecule has 0 amide bonds. The second-order valence-corrected chi connectivity index (χ2v) is 6.18. The average molecular weight is 256 g/mol. The molecule has 0 N–H and O–H groups in total. The van der Waals surface area contributed by atoms with Gasteiger partial charge in [0.05, 0.1) is 10.4 Å². The number of rotatable bonds is 1. The molecule has 0 unspecified atom stereocenters. The van der Waals surface area contributed by atoms with Crippen molar-refractivity contribution in [2.75, 3.05) is 6.26 Å². The molecule has 2 rings (SSSR count). The zero-order valence-corrected chi connectivity index (χ0v) is 10.4. The third-order valence-electron chi connectivity index (χ3n) is 2.25. The van der Waals surface area contributed by atoms with Crippen LogP contribution in [0.25, 0.3) is 10.9 Å². The van der Waals surface area contributed by atoms with Crippen molar-refractivity contribution < 1.29 is 8.42 Å². The summed E-state index contributed by atoms with van der Waals surface area (Å²) in [5.74, 6) is 0. The van der Waals surface area contributed by atoms with E-state index in [9.17, 15) is 8.42 Å². The second-order valence-electron chi connectivity index (χ2n) is 3.76. The van der Waals surface area contributed by atoms with E-state index in [-0.39, 0.29) is 4.90 Å². The molecule has 1 heterocycles. The van der Waals surface area contributed by atoms with Gasteiger partial charge >= 0.3 is 0 Å². The molecule has 1 aromatic heterocycles. The first-order chi connectivity index (χ1) is 7.38. The van der Waals surface area contributed by atoms with E-state index >= 15 is 0 Å². The van der Waals surface area contributed by atoms with Crippen LogP contribution in [0.2, 0.25) is 5.02 Å². The molecule has 0 spiro atoms. The molecule has 84 valence electrons. The SMILES string of the molecule is Cc1cnc2c(S(C)(=O)=O)cc(Cl)cc2c1. The third kappa shape index (κ3) is 2.03. The highest BCUT2D eigenvalue weighted by molar-refractivity contribution is 7.91. The Hall–Kier alpha value is -1.13. The van der Waals surface area contributed by atoms with E-state index in [0.29, 0.717) is 10.5 Å². The first kappa shape index (κ1) is 11.4. The van der Waals surface area contributed by atoms with Crippen molar-refractivity contribution in [2.45, 2.75) is 11.8 Å². The van der Waals surface area contributed by atoms with Crippen molar-refractivity contribution in [3.63, 3.8) is 0 Å². The molecular weight excluding hydrogens is 246 g/mol. The topological polar surface area (TPSA) is 47.0 Å². The Balaban J connectivity index is 2.94. The fraction of sp³-hybridized carbons (Fsp3) is 0.182. The summed E-state index contributed by atoms with van der Waals surface area (Å²) in [5.41, 5.74) is 1.44. The maximum Gasteiger partial charge on any atom is 0.177 e. The molecule has 5 heteroatoms. The molecule has 0 aliphatic heterocycles. The largest absolute Gasteiger partial charge is 0.255 e. The van der Waals surface area contributed by atoms with Crippen LogP contribution in [0.3, 0.4) is 0 Å². The maximum atomic E-state index is 11.6. The molecule has 16 heavy (non-hydrogen) atoms. The highest BCUT2D eigenvalue weighted by Gasteiger charge is 2.14. The van der Waals surface area contributed by atoms with Crippen LogP contribution in [0.5, 0.6) is 0 Å². The zero-order chi connectivity index (χ0) is 11.9. The summed E-state index contributed by atoms with van der Waals surface area (Å²) < 4.78 is 23.2. The van der Waals surface area contributed by atoms with Crippen LogP contribution >= 0.6 is 11.6 Å². The molecule has 0 radical (unpaired) electrons. The second kappa shape index (κ2) is 3.71. The average Bonchev–Trinajstić information content (AvgIpc) is 2.14. The number of fused-ring (bicyclic) bond motifs is 1. The van der Waals surface area contributed by atoms with Crippen LogP contribution in [0.4, 0.5) is 0 Å². The Morgan fingerprint density at radius 2 is 1.94 bits per heavy atom. The van der Waals surface area contributed by atoms with Gasteiger partial charge in [0, 0.05) is 22.9 Å². The minimum absolute atomic E-state index is 0.176. The van der Waals surface area contributed by atoms with Crippen molar-refractivity contribution in [1.29, 1.82) is 0 Å². The number of halogens is 1. The van der Waals surface area contributed by atoms with E-state index in [1.54, 1.807) is 12.3 Å². The highest BCUT2D eigenvalue weighted by Crippen LogP contribution is 2.26. The summed E-state index contributed by atoms with van der Waals surface area (Å²) in [6.07, 6.45) is 2.80. The van der Waals surface area contributed by atoms with Crippen LogP contribution in [0, 0.1) is 6.92 Å². The molecule has 2 aromatic rings. The van der Waals surface area contributed by atoms with Crippen LogP contribution in [-0.2, 0) is 9.84 Å². The summed E-state index contributed by atoms with van der Waals surface area (Å²) in [4.78, 5) is 4.33. The number of pyridine rings is 1. The van der Waals surface area contributed by atoms with Gasteiger partial charge in [-0.2, -0.15) is 0 Å². The lowest BCUT2D eigenvalue weighted by molar-refractivity contribution is 0.602. The monoisotopic (exact) mass is 255 g/mol. The maximum absolute atomic E-state index is 11.6. The molecule has 0 aliphatic carbocycles. The molecule has 3 nitrogen and oxygen atoms in total. The lowest BCUT2D eigenvalue weighted by Gasteiger charge is -2.05. The third-order valence-corrected chi connectivity index (χ3v) is 3.58. The van der Waals surface area contributed by atoms with E-state index in [0.717, 1.165) is 17.2 Å². The number of hydrogen-bond acceptors (Lipinski definition) is 3. The van der Waals surface area contributed by atoms with Gasteiger partial charge in [-0.3, -0.25) is 4.98 Å². The Bertz CT molecular complexity index is 660. The minimum atomic E-state index is -3.31. The fourth-order valence-electron chi connectivity index (χ4n) is 1.57.